The van der Waals surface area contributed by atoms with Gasteiger partial charge in [0.15, 0.2) is 0 Å². The van der Waals surface area contributed by atoms with Crippen LogP contribution >= 0.6 is 11.6 Å². The Labute approximate surface area is 140 Å². The molecular weight excluding hydrogens is 317 g/mol. The Hall–Kier alpha value is -1.91. The summed E-state index contributed by atoms with van der Waals surface area (Å²) in [5.74, 6) is -0.765. The zero-order chi connectivity index (χ0) is 17.0. The third-order valence-electron chi connectivity index (χ3n) is 3.83. The van der Waals surface area contributed by atoms with Gasteiger partial charge in [0.2, 0.25) is 5.91 Å². The minimum atomic E-state index is -1.10. The fourth-order valence-electron chi connectivity index (χ4n) is 2.27. The Morgan fingerprint density at radius 1 is 1.26 bits per heavy atom. The molecule has 0 spiro atoms. The molecule has 23 heavy (non-hydrogen) atoms. The lowest BCUT2D eigenvalue weighted by Crippen LogP contribution is -2.41. The van der Waals surface area contributed by atoms with E-state index in [9.17, 15) is 14.3 Å². The quantitative estimate of drug-likeness (QED) is 0.877. The van der Waals surface area contributed by atoms with Crippen molar-refractivity contribution in [2.45, 2.75) is 25.4 Å². The Bertz CT molecular complexity index is 703. The van der Waals surface area contributed by atoms with Gasteiger partial charge in [0, 0.05) is 17.1 Å². The van der Waals surface area contributed by atoms with Crippen molar-refractivity contribution in [2.75, 3.05) is 6.54 Å². The first-order valence-corrected chi connectivity index (χ1v) is 7.67. The maximum Gasteiger partial charge on any atom is 0.230 e. The second-order valence-electron chi connectivity index (χ2n) is 5.88. The van der Waals surface area contributed by atoms with E-state index >= 15 is 0 Å². The number of benzene rings is 2. The van der Waals surface area contributed by atoms with Crippen LogP contribution in [0.5, 0.6) is 0 Å². The van der Waals surface area contributed by atoms with Crippen LogP contribution in [0.4, 0.5) is 4.39 Å². The fourth-order valence-corrected chi connectivity index (χ4v) is 2.46. The van der Waals surface area contributed by atoms with Gasteiger partial charge in [-0.3, -0.25) is 4.79 Å². The van der Waals surface area contributed by atoms with Crippen LogP contribution in [0.3, 0.4) is 0 Å². The molecule has 0 radical (unpaired) electrons. The van der Waals surface area contributed by atoms with Gasteiger partial charge in [0.05, 0.1) is 11.5 Å². The molecule has 1 unspecified atom stereocenters. The molecule has 0 fully saturated rings. The lowest BCUT2D eigenvalue weighted by atomic mass is 9.83. The molecule has 2 rings (SSSR count). The number of carbonyl (C=O) groups excluding carboxylic acids is 1. The van der Waals surface area contributed by atoms with Gasteiger partial charge in [-0.15, -0.1) is 0 Å². The standard InChI is InChI=1S/C18H19ClFNO2/c1-18(2,12-6-5-7-13(19)10-12)17(23)21-11-16(22)14-8-3-4-9-15(14)20/h3-10,16,22H,11H2,1-2H3,(H,21,23). The summed E-state index contributed by atoms with van der Waals surface area (Å²) in [5, 5.41) is 13.3. The molecule has 0 aliphatic carbocycles. The van der Waals surface area contributed by atoms with E-state index in [0.717, 1.165) is 5.56 Å². The average molecular weight is 336 g/mol. The molecule has 0 aromatic heterocycles. The number of rotatable bonds is 5. The second-order valence-corrected chi connectivity index (χ2v) is 6.32. The van der Waals surface area contributed by atoms with E-state index in [-0.39, 0.29) is 18.0 Å². The molecular formula is C18H19ClFNO2. The lowest BCUT2D eigenvalue weighted by molar-refractivity contribution is -0.126. The Balaban J connectivity index is 2.05. The summed E-state index contributed by atoms with van der Waals surface area (Å²) in [6.45, 7) is 3.47. The number of carbonyl (C=O) groups is 1. The van der Waals surface area contributed by atoms with Crippen LogP contribution in [-0.2, 0) is 10.2 Å². The number of hydrogen-bond donors (Lipinski definition) is 2. The highest BCUT2D eigenvalue weighted by Crippen LogP contribution is 2.26. The van der Waals surface area contributed by atoms with E-state index in [2.05, 4.69) is 5.32 Å². The Kier molecular flexibility index (Phi) is 5.39. The molecule has 0 heterocycles. The van der Waals surface area contributed by atoms with Gasteiger partial charge in [0.1, 0.15) is 5.82 Å². The minimum absolute atomic E-state index is 0.0657. The molecule has 5 heteroatoms. The van der Waals surface area contributed by atoms with Gasteiger partial charge in [-0.2, -0.15) is 0 Å². The third kappa shape index (κ3) is 4.09. The number of amides is 1. The van der Waals surface area contributed by atoms with Gasteiger partial charge in [-0.05, 0) is 37.6 Å². The smallest absolute Gasteiger partial charge is 0.230 e. The van der Waals surface area contributed by atoms with Crippen molar-refractivity contribution in [2.24, 2.45) is 0 Å². The van der Waals surface area contributed by atoms with E-state index in [1.54, 1.807) is 44.2 Å². The fraction of sp³-hybridized carbons (Fsp3) is 0.278. The van der Waals surface area contributed by atoms with Crippen molar-refractivity contribution in [1.29, 1.82) is 0 Å². The second kappa shape index (κ2) is 7.11. The van der Waals surface area contributed by atoms with E-state index in [4.69, 9.17) is 11.6 Å². The summed E-state index contributed by atoms with van der Waals surface area (Å²) >= 11 is 5.97. The van der Waals surface area contributed by atoms with E-state index in [1.165, 1.54) is 12.1 Å². The minimum Gasteiger partial charge on any atom is -0.386 e. The maximum absolute atomic E-state index is 13.6. The highest BCUT2D eigenvalue weighted by Gasteiger charge is 2.30. The van der Waals surface area contributed by atoms with Crippen LogP contribution in [0.1, 0.15) is 31.1 Å². The summed E-state index contributed by atoms with van der Waals surface area (Å²) in [5.41, 5.74) is 0.107. The van der Waals surface area contributed by atoms with Crippen LogP contribution in [0.25, 0.3) is 0 Å². The van der Waals surface area contributed by atoms with Crippen LogP contribution in [0.2, 0.25) is 5.02 Å². The molecule has 3 nitrogen and oxygen atoms in total. The van der Waals surface area contributed by atoms with Crippen LogP contribution in [0, 0.1) is 5.82 Å². The monoisotopic (exact) mass is 335 g/mol. The van der Waals surface area contributed by atoms with E-state index in [0.29, 0.717) is 5.02 Å². The lowest BCUT2D eigenvalue weighted by Gasteiger charge is -2.25. The molecule has 0 aliphatic heterocycles. The van der Waals surface area contributed by atoms with Crippen LogP contribution in [-0.4, -0.2) is 17.6 Å². The summed E-state index contributed by atoms with van der Waals surface area (Å²) in [6.07, 6.45) is -1.10. The summed E-state index contributed by atoms with van der Waals surface area (Å²) < 4.78 is 13.6. The molecule has 0 aliphatic rings. The predicted molar refractivity (Wildman–Crippen MR) is 88.8 cm³/mol. The van der Waals surface area contributed by atoms with Crippen LogP contribution in [0.15, 0.2) is 48.5 Å². The summed E-state index contributed by atoms with van der Waals surface area (Å²) in [7, 11) is 0. The number of aliphatic hydroxyl groups excluding tert-OH is 1. The predicted octanol–water partition coefficient (Wildman–Crippen LogP) is 3.61. The molecule has 0 saturated heterocycles. The van der Waals surface area contributed by atoms with Gasteiger partial charge in [-0.25, -0.2) is 4.39 Å². The Morgan fingerprint density at radius 3 is 2.61 bits per heavy atom. The Morgan fingerprint density at radius 2 is 1.96 bits per heavy atom. The first-order valence-electron chi connectivity index (χ1n) is 7.29. The number of nitrogens with one attached hydrogen (secondary N) is 1. The molecule has 2 aromatic rings. The summed E-state index contributed by atoms with van der Waals surface area (Å²) in [6, 6.07) is 13.0. The number of hydrogen-bond acceptors (Lipinski definition) is 2. The average Bonchev–Trinajstić information content (AvgIpc) is 2.52. The first kappa shape index (κ1) is 17.4. The normalized spacial score (nSPS) is 12.7. The molecule has 0 bridgehead atoms. The number of aliphatic hydroxyl groups is 1. The molecule has 2 N–H and O–H groups in total. The molecule has 122 valence electrons. The summed E-state index contributed by atoms with van der Waals surface area (Å²) in [4.78, 5) is 12.4. The van der Waals surface area contributed by atoms with Gasteiger partial charge in [-0.1, -0.05) is 41.9 Å². The van der Waals surface area contributed by atoms with Crippen molar-refractivity contribution in [1.82, 2.24) is 5.32 Å². The maximum atomic E-state index is 13.6. The van der Waals surface area contributed by atoms with Crippen molar-refractivity contribution in [3.63, 3.8) is 0 Å². The highest BCUT2D eigenvalue weighted by molar-refractivity contribution is 6.30. The first-order chi connectivity index (χ1) is 10.8. The van der Waals surface area contributed by atoms with Crippen molar-refractivity contribution < 1.29 is 14.3 Å². The zero-order valence-electron chi connectivity index (χ0n) is 13.0. The molecule has 2 aromatic carbocycles. The van der Waals surface area contributed by atoms with Crippen molar-refractivity contribution >= 4 is 17.5 Å². The van der Waals surface area contributed by atoms with Gasteiger partial charge in [0.25, 0.3) is 0 Å². The van der Waals surface area contributed by atoms with E-state index < -0.39 is 17.3 Å². The highest BCUT2D eigenvalue weighted by atomic mass is 35.5. The third-order valence-corrected chi connectivity index (χ3v) is 4.07. The number of halogens is 2. The molecule has 1 atom stereocenters. The van der Waals surface area contributed by atoms with Gasteiger partial charge >= 0.3 is 0 Å². The largest absolute Gasteiger partial charge is 0.386 e. The van der Waals surface area contributed by atoms with Crippen LogP contribution < -0.4 is 5.32 Å². The molecule has 1 amide bonds. The van der Waals surface area contributed by atoms with Crippen molar-refractivity contribution in [3.05, 3.63) is 70.5 Å². The van der Waals surface area contributed by atoms with Gasteiger partial charge < -0.3 is 10.4 Å². The SMILES string of the molecule is CC(C)(C(=O)NCC(O)c1ccccc1F)c1cccc(Cl)c1. The van der Waals surface area contributed by atoms with Crippen molar-refractivity contribution in [3.8, 4) is 0 Å². The van der Waals surface area contributed by atoms with E-state index in [1.807, 2.05) is 6.07 Å². The topological polar surface area (TPSA) is 49.3 Å². The molecule has 0 saturated carbocycles. The zero-order valence-corrected chi connectivity index (χ0v) is 13.8.